The second kappa shape index (κ2) is 4.63. The van der Waals surface area contributed by atoms with E-state index in [-0.39, 0.29) is 6.61 Å². The summed E-state index contributed by atoms with van der Waals surface area (Å²) in [6, 6.07) is 1.76. The average molecular weight is 284 g/mol. The molecular formula is C10H10BrN3O2. The molecule has 6 heteroatoms. The number of aliphatic hydroxyl groups is 1. The maximum absolute atomic E-state index is 9.16. The smallest absolute Gasteiger partial charge is 0.224 e. The number of aryl methyl sites for hydroxylation is 1. The quantitative estimate of drug-likeness (QED) is 0.934. The summed E-state index contributed by atoms with van der Waals surface area (Å²) < 4.78 is 7.93. The third kappa shape index (κ3) is 2.40. The van der Waals surface area contributed by atoms with E-state index in [1.54, 1.807) is 36.4 Å². The van der Waals surface area contributed by atoms with E-state index in [0.29, 0.717) is 17.2 Å². The van der Waals surface area contributed by atoms with Gasteiger partial charge < -0.3 is 9.84 Å². The van der Waals surface area contributed by atoms with E-state index in [9.17, 15) is 0 Å². The van der Waals surface area contributed by atoms with Crippen LogP contribution in [0.2, 0.25) is 0 Å². The Morgan fingerprint density at radius 2 is 2.31 bits per heavy atom. The molecule has 2 heterocycles. The molecule has 0 aliphatic heterocycles. The fourth-order valence-corrected chi connectivity index (χ4v) is 1.62. The summed E-state index contributed by atoms with van der Waals surface area (Å²) >= 11 is 3.28. The molecule has 1 N–H and O–H groups in total. The van der Waals surface area contributed by atoms with Crippen LogP contribution in [0.4, 0.5) is 0 Å². The zero-order valence-electron chi connectivity index (χ0n) is 8.59. The molecule has 16 heavy (non-hydrogen) atoms. The van der Waals surface area contributed by atoms with E-state index in [4.69, 9.17) is 9.84 Å². The van der Waals surface area contributed by atoms with Crippen molar-refractivity contribution in [3.8, 4) is 11.6 Å². The highest BCUT2D eigenvalue weighted by atomic mass is 79.9. The zero-order valence-corrected chi connectivity index (χ0v) is 10.2. The van der Waals surface area contributed by atoms with Crippen molar-refractivity contribution in [3.05, 3.63) is 34.7 Å². The van der Waals surface area contributed by atoms with Gasteiger partial charge in [0.2, 0.25) is 5.88 Å². The molecule has 0 saturated carbocycles. The molecule has 0 atom stereocenters. The number of aromatic nitrogens is 3. The Morgan fingerprint density at radius 1 is 1.50 bits per heavy atom. The van der Waals surface area contributed by atoms with E-state index < -0.39 is 0 Å². The van der Waals surface area contributed by atoms with Crippen molar-refractivity contribution in [1.29, 1.82) is 0 Å². The molecule has 0 amide bonds. The Hall–Kier alpha value is -1.40. The molecule has 2 aromatic heterocycles. The third-order valence-corrected chi connectivity index (χ3v) is 2.39. The van der Waals surface area contributed by atoms with Gasteiger partial charge in [-0.15, -0.1) is 0 Å². The molecule has 0 aliphatic carbocycles. The Balaban J connectivity index is 2.27. The van der Waals surface area contributed by atoms with Crippen LogP contribution in [0.3, 0.4) is 0 Å². The number of aliphatic hydroxyl groups excluding tert-OH is 1. The minimum Gasteiger partial charge on any atom is -0.435 e. The average Bonchev–Trinajstić information content (AvgIpc) is 2.67. The van der Waals surface area contributed by atoms with Gasteiger partial charge in [0.1, 0.15) is 0 Å². The Kier molecular flexibility index (Phi) is 3.21. The first-order valence-corrected chi connectivity index (χ1v) is 5.40. The first-order valence-electron chi connectivity index (χ1n) is 4.61. The van der Waals surface area contributed by atoms with Crippen molar-refractivity contribution in [2.45, 2.75) is 6.61 Å². The minimum absolute atomic E-state index is 0.123. The number of nitrogens with zero attached hydrogens (tertiary/aromatic N) is 3. The lowest BCUT2D eigenvalue weighted by Crippen LogP contribution is -1.94. The monoisotopic (exact) mass is 283 g/mol. The van der Waals surface area contributed by atoms with E-state index in [1.807, 2.05) is 0 Å². The van der Waals surface area contributed by atoms with Crippen LogP contribution in [-0.2, 0) is 13.7 Å². The van der Waals surface area contributed by atoms with E-state index in [0.717, 1.165) is 4.47 Å². The van der Waals surface area contributed by atoms with Crippen LogP contribution < -0.4 is 4.74 Å². The molecule has 84 valence electrons. The molecule has 2 rings (SSSR count). The molecule has 0 bridgehead atoms. The lowest BCUT2D eigenvalue weighted by Gasteiger charge is -2.06. The largest absolute Gasteiger partial charge is 0.435 e. The van der Waals surface area contributed by atoms with Crippen LogP contribution in [0, 0.1) is 0 Å². The third-order valence-electron chi connectivity index (χ3n) is 1.96. The molecule has 0 unspecified atom stereocenters. The first kappa shape index (κ1) is 11.1. The number of pyridine rings is 1. The van der Waals surface area contributed by atoms with Crippen LogP contribution in [0.25, 0.3) is 0 Å². The van der Waals surface area contributed by atoms with Gasteiger partial charge in [-0.3, -0.25) is 4.68 Å². The SMILES string of the molecule is Cn1cc(Oc2ncc(Br)cc2CO)cn1. The van der Waals surface area contributed by atoms with Gasteiger partial charge in [-0.2, -0.15) is 5.10 Å². The van der Waals surface area contributed by atoms with Crippen LogP contribution >= 0.6 is 15.9 Å². The number of rotatable bonds is 3. The van der Waals surface area contributed by atoms with Crippen molar-refractivity contribution < 1.29 is 9.84 Å². The second-order valence-corrected chi connectivity index (χ2v) is 4.14. The van der Waals surface area contributed by atoms with Crippen LogP contribution in [0.15, 0.2) is 29.1 Å². The fourth-order valence-electron chi connectivity index (χ4n) is 1.24. The topological polar surface area (TPSA) is 60.2 Å². The summed E-state index contributed by atoms with van der Waals surface area (Å²) in [6.07, 6.45) is 4.93. The summed E-state index contributed by atoms with van der Waals surface area (Å²) in [5.41, 5.74) is 0.623. The number of ether oxygens (including phenoxy) is 1. The summed E-state index contributed by atoms with van der Waals surface area (Å²) in [6.45, 7) is -0.123. The van der Waals surface area contributed by atoms with Gasteiger partial charge in [0, 0.05) is 23.3 Å². The molecule has 0 aromatic carbocycles. The first-order chi connectivity index (χ1) is 7.69. The summed E-state index contributed by atoms with van der Waals surface area (Å²) in [5, 5.41) is 13.1. The lowest BCUT2D eigenvalue weighted by molar-refractivity contribution is 0.275. The normalized spacial score (nSPS) is 10.4. The van der Waals surface area contributed by atoms with Crippen molar-refractivity contribution >= 4 is 15.9 Å². The Labute approximate surface area is 101 Å². The van der Waals surface area contributed by atoms with Gasteiger partial charge in [0.25, 0.3) is 0 Å². The zero-order chi connectivity index (χ0) is 11.5. The molecule has 0 spiro atoms. The molecule has 0 aliphatic rings. The minimum atomic E-state index is -0.123. The van der Waals surface area contributed by atoms with Crippen LogP contribution in [0.5, 0.6) is 11.6 Å². The number of halogens is 1. The molecule has 0 fully saturated rings. The van der Waals surface area contributed by atoms with Gasteiger partial charge in [-0.1, -0.05) is 0 Å². The van der Waals surface area contributed by atoms with E-state index in [1.165, 1.54) is 0 Å². The second-order valence-electron chi connectivity index (χ2n) is 3.23. The molecular weight excluding hydrogens is 274 g/mol. The molecule has 0 saturated heterocycles. The highest BCUT2D eigenvalue weighted by Crippen LogP contribution is 2.24. The Bertz CT molecular complexity index is 499. The van der Waals surface area contributed by atoms with Gasteiger partial charge >= 0.3 is 0 Å². The van der Waals surface area contributed by atoms with Gasteiger partial charge in [0.05, 0.1) is 19.0 Å². The van der Waals surface area contributed by atoms with Crippen molar-refractivity contribution in [2.75, 3.05) is 0 Å². The maximum Gasteiger partial charge on any atom is 0.224 e. The van der Waals surface area contributed by atoms with Crippen molar-refractivity contribution in [2.24, 2.45) is 7.05 Å². The highest BCUT2D eigenvalue weighted by Gasteiger charge is 2.07. The van der Waals surface area contributed by atoms with E-state index >= 15 is 0 Å². The summed E-state index contributed by atoms with van der Waals surface area (Å²) in [4.78, 5) is 4.09. The number of hydrogen-bond acceptors (Lipinski definition) is 4. The van der Waals surface area contributed by atoms with Gasteiger partial charge in [-0.25, -0.2) is 4.98 Å². The molecule has 2 aromatic rings. The van der Waals surface area contributed by atoms with Crippen LogP contribution in [0.1, 0.15) is 5.56 Å². The van der Waals surface area contributed by atoms with Gasteiger partial charge in [0.15, 0.2) is 5.75 Å². The molecule has 0 radical (unpaired) electrons. The summed E-state index contributed by atoms with van der Waals surface area (Å²) in [5.74, 6) is 0.978. The Morgan fingerprint density at radius 3 is 2.94 bits per heavy atom. The van der Waals surface area contributed by atoms with Gasteiger partial charge in [-0.05, 0) is 22.0 Å². The van der Waals surface area contributed by atoms with Crippen molar-refractivity contribution in [3.63, 3.8) is 0 Å². The predicted octanol–water partition coefficient (Wildman–Crippen LogP) is 1.86. The van der Waals surface area contributed by atoms with E-state index in [2.05, 4.69) is 26.0 Å². The van der Waals surface area contributed by atoms with Crippen molar-refractivity contribution in [1.82, 2.24) is 14.8 Å². The maximum atomic E-state index is 9.16. The summed E-state index contributed by atoms with van der Waals surface area (Å²) in [7, 11) is 1.80. The fraction of sp³-hybridized carbons (Fsp3) is 0.200. The number of hydrogen-bond donors (Lipinski definition) is 1. The predicted molar refractivity (Wildman–Crippen MR) is 61.1 cm³/mol. The van der Waals surface area contributed by atoms with Crippen LogP contribution in [-0.4, -0.2) is 19.9 Å². The molecule has 5 nitrogen and oxygen atoms in total. The highest BCUT2D eigenvalue weighted by molar-refractivity contribution is 9.10. The lowest BCUT2D eigenvalue weighted by atomic mass is 10.3. The standard InChI is InChI=1S/C10H10BrN3O2/c1-14-5-9(4-13-14)16-10-7(6-15)2-8(11)3-12-10/h2-5,15H,6H2,1H3.